The van der Waals surface area contributed by atoms with E-state index < -0.39 is 36.1 Å². The summed E-state index contributed by atoms with van der Waals surface area (Å²) in [6.07, 6.45) is 0.655. The van der Waals surface area contributed by atoms with Crippen molar-refractivity contribution >= 4 is 49.4 Å². The number of carbonyl (C=O) groups is 3. The van der Waals surface area contributed by atoms with Crippen LogP contribution in [-0.2, 0) is 36.7 Å². The van der Waals surface area contributed by atoms with Gasteiger partial charge in [0.05, 0.1) is 21.9 Å². The van der Waals surface area contributed by atoms with Crippen molar-refractivity contribution in [1.82, 2.24) is 10.2 Å². The first-order valence-corrected chi connectivity index (χ1v) is 19.7. The molecule has 1 N–H and O–H groups in total. The summed E-state index contributed by atoms with van der Waals surface area (Å²) in [4.78, 5) is 62.2. The molecular formula is C33H42N4O10SSi. The highest BCUT2D eigenvalue weighted by atomic mass is 32.2. The molecule has 0 radical (unpaired) electrons. The van der Waals surface area contributed by atoms with Gasteiger partial charge in [-0.25, -0.2) is 9.59 Å². The number of benzene rings is 2. The number of nitrogens with zero attached hydrogens (tertiary/aromatic N) is 3. The fourth-order valence-corrected chi connectivity index (χ4v) is 8.24. The van der Waals surface area contributed by atoms with E-state index in [1.807, 2.05) is 6.92 Å². The van der Waals surface area contributed by atoms with Crippen LogP contribution in [0.1, 0.15) is 58.1 Å². The lowest BCUT2D eigenvalue weighted by atomic mass is 9.92. The van der Waals surface area contributed by atoms with Crippen molar-refractivity contribution < 1.29 is 38.1 Å². The van der Waals surface area contributed by atoms with Crippen LogP contribution in [0.5, 0.6) is 0 Å². The van der Waals surface area contributed by atoms with Crippen LogP contribution in [0, 0.1) is 26.1 Å². The molecule has 0 unspecified atom stereocenters. The van der Waals surface area contributed by atoms with Crippen LogP contribution >= 0.6 is 11.8 Å². The number of alkyl carbamates (subject to hydrolysis) is 1. The largest absolute Gasteiger partial charge is 0.456 e. The summed E-state index contributed by atoms with van der Waals surface area (Å²) in [7, 11) is -2.17. The van der Waals surface area contributed by atoms with Crippen LogP contribution in [0.2, 0.25) is 18.1 Å². The number of esters is 1. The molecule has 2 heterocycles. The van der Waals surface area contributed by atoms with Crippen LogP contribution in [0.3, 0.4) is 0 Å². The number of nitro benzene ring substituents is 2. The molecule has 2 aromatic rings. The highest BCUT2D eigenvalue weighted by Crippen LogP contribution is 2.53. The van der Waals surface area contributed by atoms with E-state index in [4.69, 9.17) is 13.9 Å². The van der Waals surface area contributed by atoms with Gasteiger partial charge in [-0.1, -0.05) is 20.8 Å². The second-order valence-corrected chi connectivity index (χ2v) is 19.4. The van der Waals surface area contributed by atoms with Gasteiger partial charge in [-0.15, -0.1) is 11.8 Å². The summed E-state index contributed by atoms with van der Waals surface area (Å²) in [6.45, 7) is 12.7. The van der Waals surface area contributed by atoms with Gasteiger partial charge in [0.15, 0.2) is 8.32 Å². The highest BCUT2D eigenvalue weighted by molar-refractivity contribution is 8.04. The zero-order chi connectivity index (χ0) is 36.1. The van der Waals surface area contributed by atoms with Gasteiger partial charge in [-0.3, -0.25) is 29.9 Å². The first kappa shape index (κ1) is 37.5. The molecule has 49 heavy (non-hydrogen) atoms. The van der Waals surface area contributed by atoms with E-state index in [1.54, 1.807) is 0 Å². The van der Waals surface area contributed by atoms with Gasteiger partial charge in [0.1, 0.15) is 24.3 Å². The first-order chi connectivity index (χ1) is 23.0. The zero-order valence-corrected chi connectivity index (χ0v) is 30.2. The number of nitro groups is 2. The Balaban J connectivity index is 1.36. The number of unbranched alkanes of at least 4 members (excludes halogenated alkanes) is 1. The third kappa shape index (κ3) is 9.04. The number of thioether (sulfide) groups is 1. The molecule has 0 spiro atoms. The Labute approximate surface area is 290 Å². The average Bonchev–Trinajstić information content (AvgIpc) is 3.36. The van der Waals surface area contributed by atoms with Gasteiger partial charge in [0, 0.05) is 35.7 Å². The maximum atomic E-state index is 13.6. The molecule has 2 aliphatic rings. The predicted octanol–water partition coefficient (Wildman–Crippen LogP) is 6.80. The van der Waals surface area contributed by atoms with Crippen molar-refractivity contribution in [2.24, 2.45) is 5.92 Å². The van der Waals surface area contributed by atoms with E-state index in [9.17, 15) is 34.6 Å². The molecule has 14 nitrogen and oxygen atoms in total. The van der Waals surface area contributed by atoms with Gasteiger partial charge in [0.25, 0.3) is 11.4 Å². The van der Waals surface area contributed by atoms with Gasteiger partial charge >= 0.3 is 12.1 Å². The molecule has 2 amide bonds. The number of hydrogen-bond donors (Lipinski definition) is 1. The molecule has 0 aromatic heterocycles. The number of amides is 2. The highest BCUT2D eigenvalue weighted by Gasteiger charge is 2.59. The van der Waals surface area contributed by atoms with Crippen LogP contribution < -0.4 is 5.32 Å². The quantitative estimate of drug-likeness (QED) is 0.0512. The van der Waals surface area contributed by atoms with E-state index in [2.05, 4.69) is 39.2 Å². The molecule has 0 saturated carbocycles. The van der Waals surface area contributed by atoms with Gasteiger partial charge in [-0.05, 0) is 79.7 Å². The molecular weight excluding hydrogens is 673 g/mol. The van der Waals surface area contributed by atoms with E-state index in [1.165, 1.54) is 65.2 Å². The molecule has 16 heteroatoms. The molecule has 4 rings (SSSR count). The summed E-state index contributed by atoms with van der Waals surface area (Å²) in [5.74, 6) is -1.28. The molecule has 1 saturated heterocycles. The molecule has 3 atom stereocenters. The number of nitrogens with one attached hydrogen (secondary N) is 1. The SMILES string of the molecule is C[C@@H](O[Si](C)(C)C(C)(C)C)[C@@H]1C(=O)N2C(C(=O)OCc3ccc([N+](=O)[O-])cc3)=C(CCCCNC(=O)OCc3ccc([N+](=O)[O-])cc3)S[C@H]12. The van der Waals surface area contributed by atoms with Crippen molar-refractivity contribution in [3.05, 3.63) is 90.5 Å². The maximum absolute atomic E-state index is 13.6. The molecule has 0 aliphatic carbocycles. The number of hydrogen-bond acceptors (Lipinski definition) is 11. The average molecular weight is 715 g/mol. The van der Waals surface area contributed by atoms with Gasteiger partial charge in [0.2, 0.25) is 5.91 Å². The lowest BCUT2D eigenvalue weighted by molar-refractivity contribution is -0.385. The number of carbonyl (C=O) groups excluding carboxylic acids is 3. The second kappa shape index (κ2) is 15.5. The Morgan fingerprint density at radius 3 is 1.98 bits per heavy atom. The van der Waals surface area contributed by atoms with Gasteiger partial charge in [-0.2, -0.15) is 0 Å². The Bertz CT molecular complexity index is 1610. The number of allylic oxidation sites excluding steroid dienone is 1. The second-order valence-electron chi connectivity index (χ2n) is 13.5. The van der Waals surface area contributed by atoms with E-state index in [0.717, 1.165) is 4.91 Å². The number of ether oxygens (including phenoxy) is 2. The van der Waals surface area contributed by atoms with E-state index in [-0.39, 0.29) is 52.7 Å². The fraction of sp³-hybridized carbons (Fsp3) is 0.485. The summed E-state index contributed by atoms with van der Waals surface area (Å²) in [5.41, 5.74) is 1.25. The standard InChI is InChI=1S/C33H42N4O10SSi/c1-21(47-49(5,6)33(2,3)4)27-29(38)35-28(31(39)45-19-22-10-14-24(15-11-22)36(41)42)26(48-30(27)35)9-7-8-18-34-32(40)46-20-23-12-16-25(17-13-23)37(43)44/h10-17,21,27,30H,7-9,18-20H2,1-6H3,(H,34,40)/t21-,27-,30-/m1/s1. The van der Waals surface area contributed by atoms with Crippen LogP contribution in [0.4, 0.5) is 16.2 Å². The van der Waals surface area contributed by atoms with E-state index in [0.29, 0.717) is 36.9 Å². The van der Waals surface area contributed by atoms with Crippen LogP contribution in [0.15, 0.2) is 59.1 Å². The third-order valence-corrected chi connectivity index (χ3v) is 15.0. The molecule has 1 fully saturated rings. The summed E-state index contributed by atoms with van der Waals surface area (Å²) in [5, 5.41) is 24.1. The minimum absolute atomic E-state index is 0.0390. The maximum Gasteiger partial charge on any atom is 0.407 e. The van der Waals surface area contributed by atoms with Crippen molar-refractivity contribution in [2.75, 3.05) is 6.54 Å². The summed E-state index contributed by atoms with van der Waals surface area (Å²) < 4.78 is 17.4. The summed E-state index contributed by atoms with van der Waals surface area (Å²) in [6, 6.07) is 11.4. The molecule has 2 aromatic carbocycles. The lowest BCUT2D eigenvalue weighted by Crippen LogP contribution is -2.62. The normalized spacial score (nSPS) is 18.0. The zero-order valence-electron chi connectivity index (χ0n) is 28.4. The fourth-order valence-electron chi connectivity index (χ4n) is 5.17. The number of β-lactam (4-membered cyclic amide) rings is 1. The monoisotopic (exact) mass is 714 g/mol. The molecule has 264 valence electrons. The Kier molecular flexibility index (Phi) is 11.9. The van der Waals surface area contributed by atoms with Gasteiger partial charge < -0.3 is 19.2 Å². The van der Waals surface area contributed by atoms with Crippen molar-refractivity contribution in [1.29, 1.82) is 0 Å². The van der Waals surface area contributed by atoms with Crippen molar-refractivity contribution in [3.63, 3.8) is 0 Å². The summed E-state index contributed by atoms with van der Waals surface area (Å²) >= 11 is 1.46. The lowest BCUT2D eigenvalue weighted by Gasteiger charge is -2.48. The van der Waals surface area contributed by atoms with E-state index >= 15 is 0 Å². The first-order valence-electron chi connectivity index (χ1n) is 16.0. The molecule has 2 aliphatic heterocycles. The van der Waals surface area contributed by atoms with Crippen LogP contribution in [-0.4, -0.2) is 59.1 Å². The Morgan fingerprint density at radius 2 is 1.47 bits per heavy atom. The Morgan fingerprint density at radius 1 is 0.939 bits per heavy atom. The predicted molar refractivity (Wildman–Crippen MR) is 185 cm³/mol. The number of fused-ring (bicyclic) bond motifs is 1. The third-order valence-electron chi connectivity index (χ3n) is 8.97. The number of rotatable bonds is 15. The molecule has 0 bridgehead atoms. The van der Waals surface area contributed by atoms with Crippen molar-refractivity contribution in [2.45, 2.75) is 89.8 Å². The minimum atomic E-state index is -2.17. The number of non-ortho nitro benzene ring substituents is 2. The Hall–Kier alpha value is -4.28. The topological polar surface area (TPSA) is 180 Å². The van der Waals surface area contributed by atoms with Crippen molar-refractivity contribution in [3.8, 4) is 0 Å². The van der Waals surface area contributed by atoms with Crippen LogP contribution in [0.25, 0.3) is 0 Å². The minimum Gasteiger partial charge on any atom is -0.456 e. The smallest absolute Gasteiger partial charge is 0.407 e.